The molecule has 0 spiro atoms. The number of aliphatic carboxylic acids is 1. The highest BCUT2D eigenvalue weighted by Gasteiger charge is 2.12. The van der Waals surface area contributed by atoms with E-state index in [-0.39, 0.29) is 19.0 Å². The van der Waals surface area contributed by atoms with Gasteiger partial charge in [-0.15, -0.1) is 11.3 Å². The number of nitrogens with one attached hydrogen (secondary N) is 1. The highest BCUT2D eigenvalue weighted by atomic mass is 32.1. The largest absolute Gasteiger partial charge is 0.481 e. The number of rotatable bonds is 7. The van der Waals surface area contributed by atoms with Gasteiger partial charge in [-0.05, 0) is 13.8 Å². The summed E-state index contributed by atoms with van der Waals surface area (Å²) in [5.41, 5.74) is 0.969. The van der Waals surface area contributed by atoms with E-state index in [9.17, 15) is 9.59 Å². The second-order valence-electron chi connectivity index (χ2n) is 4.06. The Morgan fingerprint density at radius 1 is 1.53 bits per heavy atom. The van der Waals surface area contributed by atoms with Crippen LogP contribution in [-0.4, -0.2) is 46.6 Å². The number of hydrogen-bond acceptors (Lipinski definition) is 4. The van der Waals surface area contributed by atoms with Gasteiger partial charge >= 0.3 is 12.0 Å². The Labute approximate surface area is 116 Å². The predicted molar refractivity (Wildman–Crippen MR) is 73.5 cm³/mol. The number of carbonyl (C=O) groups excluding carboxylic acids is 1. The molecule has 1 aromatic heterocycles. The summed E-state index contributed by atoms with van der Waals surface area (Å²) in [5.74, 6) is -0.899. The Bertz CT molecular complexity index is 434. The molecule has 6 nitrogen and oxygen atoms in total. The maximum Gasteiger partial charge on any atom is 0.317 e. The molecule has 0 bridgehead atoms. The number of nitrogens with zero attached hydrogens (tertiary/aromatic N) is 2. The summed E-state index contributed by atoms with van der Waals surface area (Å²) in [4.78, 5) is 28.1. The fourth-order valence-electron chi connectivity index (χ4n) is 1.57. The normalized spacial score (nSPS) is 10.2. The highest BCUT2D eigenvalue weighted by Crippen LogP contribution is 2.07. The molecule has 106 valence electrons. The molecule has 2 N–H and O–H groups in total. The Balaban J connectivity index is 2.30. The summed E-state index contributed by atoms with van der Waals surface area (Å²) in [6.45, 7) is 5.00. The van der Waals surface area contributed by atoms with E-state index < -0.39 is 5.97 Å². The third-order valence-corrected chi connectivity index (χ3v) is 3.41. The van der Waals surface area contributed by atoms with Crippen molar-refractivity contribution in [2.75, 3.05) is 19.6 Å². The lowest BCUT2D eigenvalue weighted by atomic mass is 10.3. The van der Waals surface area contributed by atoms with E-state index in [1.54, 1.807) is 11.3 Å². The molecule has 0 saturated carbocycles. The first kappa shape index (κ1) is 15.4. The number of thiazole rings is 1. The monoisotopic (exact) mass is 285 g/mol. The van der Waals surface area contributed by atoms with Crippen LogP contribution in [0, 0.1) is 6.92 Å². The summed E-state index contributed by atoms with van der Waals surface area (Å²) in [7, 11) is 0. The van der Waals surface area contributed by atoms with Gasteiger partial charge in [0.05, 0.1) is 17.1 Å². The van der Waals surface area contributed by atoms with Crippen LogP contribution < -0.4 is 5.32 Å². The number of aromatic nitrogens is 1. The number of aryl methyl sites for hydroxylation is 1. The van der Waals surface area contributed by atoms with Gasteiger partial charge in [-0.1, -0.05) is 0 Å². The van der Waals surface area contributed by atoms with Crippen LogP contribution in [0.15, 0.2) is 5.38 Å². The molecule has 0 radical (unpaired) electrons. The smallest absolute Gasteiger partial charge is 0.317 e. The minimum atomic E-state index is -0.899. The van der Waals surface area contributed by atoms with E-state index in [0.717, 1.165) is 10.7 Å². The Hall–Kier alpha value is -1.63. The van der Waals surface area contributed by atoms with Crippen LogP contribution in [-0.2, 0) is 11.2 Å². The molecule has 1 aromatic rings. The lowest BCUT2D eigenvalue weighted by Crippen LogP contribution is -2.41. The Kier molecular flexibility index (Phi) is 6.27. The van der Waals surface area contributed by atoms with E-state index in [1.807, 2.05) is 19.2 Å². The van der Waals surface area contributed by atoms with Gasteiger partial charge in [0, 0.05) is 31.4 Å². The summed E-state index contributed by atoms with van der Waals surface area (Å²) in [6.07, 6.45) is 0.652. The highest BCUT2D eigenvalue weighted by molar-refractivity contribution is 7.09. The van der Waals surface area contributed by atoms with Crippen LogP contribution in [0.5, 0.6) is 0 Å². The molecule has 1 rings (SSSR count). The molecule has 0 unspecified atom stereocenters. The SMILES string of the molecule is CCN(CCC(=O)O)C(=O)NCCc1csc(C)n1. The summed E-state index contributed by atoms with van der Waals surface area (Å²) >= 11 is 1.59. The maximum absolute atomic E-state index is 11.8. The van der Waals surface area contributed by atoms with E-state index in [2.05, 4.69) is 10.3 Å². The summed E-state index contributed by atoms with van der Waals surface area (Å²) in [5, 5.41) is 14.4. The Morgan fingerprint density at radius 2 is 2.26 bits per heavy atom. The molecule has 0 fully saturated rings. The topological polar surface area (TPSA) is 82.5 Å². The van der Waals surface area contributed by atoms with Crippen LogP contribution in [0.1, 0.15) is 24.0 Å². The molecule has 0 atom stereocenters. The average molecular weight is 285 g/mol. The van der Waals surface area contributed by atoms with Crippen LogP contribution in [0.2, 0.25) is 0 Å². The second kappa shape index (κ2) is 7.73. The second-order valence-corrected chi connectivity index (χ2v) is 5.13. The van der Waals surface area contributed by atoms with Gasteiger partial charge in [-0.3, -0.25) is 4.79 Å². The van der Waals surface area contributed by atoms with Crippen LogP contribution in [0.4, 0.5) is 4.79 Å². The van der Waals surface area contributed by atoms with Gasteiger partial charge in [-0.25, -0.2) is 9.78 Å². The Morgan fingerprint density at radius 3 is 2.79 bits per heavy atom. The van der Waals surface area contributed by atoms with Gasteiger partial charge < -0.3 is 15.3 Å². The van der Waals surface area contributed by atoms with Crippen molar-refractivity contribution < 1.29 is 14.7 Å². The molecule has 2 amide bonds. The van der Waals surface area contributed by atoms with Gasteiger partial charge in [0.1, 0.15) is 0 Å². The van der Waals surface area contributed by atoms with Crippen molar-refractivity contribution in [1.82, 2.24) is 15.2 Å². The van der Waals surface area contributed by atoms with Crippen LogP contribution in [0.3, 0.4) is 0 Å². The van der Waals surface area contributed by atoms with Crippen molar-refractivity contribution in [3.63, 3.8) is 0 Å². The van der Waals surface area contributed by atoms with Crippen molar-refractivity contribution in [2.45, 2.75) is 26.7 Å². The lowest BCUT2D eigenvalue weighted by molar-refractivity contribution is -0.137. The first-order valence-corrected chi connectivity index (χ1v) is 7.06. The van der Waals surface area contributed by atoms with Crippen molar-refractivity contribution >= 4 is 23.3 Å². The summed E-state index contributed by atoms with van der Waals surface area (Å²) in [6, 6.07) is -0.226. The quantitative estimate of drug-likeness (QED) is 0.795. The molecular formula is C12H19N3O3S. The van der Waals surface area contributed by atoms with Crippen LogP contribution in [0.25, 0.3) is 0 Å². The van der Waals surface area contributed by atoms with Crippen molar-refractivity contribution in [3.05, 3.63) is 16.1 Å². The van der Waals surface area contributed by atoms with Crippen LogP contribution >= 0.6 is 11.3 Å². The first-order chi connectivity index (χ1) is 9.02. The van der Waals surface area contributed by atoms with Crippen molar-refractivity contribution in [1.29, 1.82) is 0 Å². The molecule has 7 heteroatoms. The molecular weight excluding hydrogens is 266 g/mol. The molecule has 0 aliphatic carbocycles. The molecule has 0 aliphatic heterocycles. The standard InChI is InChI=1S/C12H19N3O3S/c1-3-15(7-5-11(16)17)12(18)13-6-4-10-8-19-9(2)14-10/h8H,3-7H2,1-2H3,(H,13,18)(H,16,17). The van der Waals surface area contributed by atoms with E-state index >= 15 is 0 Å². The van der Waals surface area contributed by atoms with Gasteiger partial charge in [-0.2, -0.15) is 0 Å². The number of urea groups is 1. The fraction of sp³-hybridized carbons (Fsp3) is 0.583. The van der Waals surface area contributed by atoms with E-state index in [4.69, 9.17) is 5.11 Å². The number of carbonyl (C=O) groups is 2. The predicted octanol–water partition coefficient (Wildman–Crippen LogP) is 1.50. The first-order valence-electron chi connectivity index (χ1n) is 6.18. The number of amides is 2. The van der Waals surface area contributed by atoms with Crippen molar-refractivity contribution in [3.8, 4) is 0 Å². The number of carboxylic acid groups (broad SMARTS) is 1. The molecule has 1 heterocycles. The fourth-order valence-corrected chi connectivity index (χ4v) is 2.21. The minimum absolute atomic E-state index is 0.0352. The molecule has 0 saturated heterocycles. The van der Waals surface area contributed by atoms with Gasteiger partial charge in [0.2, 0.25) is 0 Å². The molecule has 0 aliphatic rings. The average Bonchev–Trinajstić information content (AvgIpc) is 2.75. The lowest BCUT2D eigenvalue weighted by Gasteiger charge is -2.20. The maximum atomic E-state index is 11.8. The van der Waals surface area contributed by atoms with Gasteiger partial charge in [0.15, 0.2) is 0 Å². The molecule has 19 heavy (non-hydrogen) atoms. The minimum Gasteiger partial charge on any atom is -0.481 e. The number of hydrogen-bond donors (Lipinski definition) is 2. The zero-order valence-electron chi connectivity index (χ0n) is 11.2. The zero-order valence-corrected chi connectivity index (χ0v) is 12.0. The van der Waals surface area contributed by atoms with Gasteiger partial charge in [0.25, 0.3) is 0 Å². The molecule has 0 aromatic carbocycles. The van der Waals surface area contributed by atoms with Crippen molar-refractivity contribution in [2.24, 2.45) is 0 Å². The van der Waals surface area contributed by atoms with E-state index in [0.29, 0.717) is 19.5 Å². The number of carboxylic acids is 1. The third-order valence-electron chi connectivity index (χ3n) is 2.59. The zero-order chi connectivity index (χ0) is 14.3. The van der Waals surface area contributed by atoms with E-state index in [1.165, 1.54) is 4.90 Å². The summed E-state index contributed by atoms with van der Waals surface area (Å²) < 4.78 is 0. The third kappa shape index (κ3) is 5.69.